The summed E-state index contributed by atoms with van der Waals surface area (Å²) in [6.07, 6.45) is 10.9. The second kappa shape index (κ2) is 12.4. The van der Waals surface area contributed by atoms with Crippen LogP contribution in [-0.4, -0.2) is 26.0 Å². The van der Waals surface area contributed by atoms with Crippen molar-refractivity contribution < 1.29 is 8.78 Å². The summed E-state index contributed by atoms with van der Waals surface area (Å²) in [7, 11) is 0. The number of benzene rings is 1. The zero-order valence-corrected chi connectivity index (χ0v) is 24.0. The van der Waals surface area contributed by atoms with E-state index in [1.165, 1.54) is 17.4 Å². The van der Waals surface area contributed by atoms with Crippen LogP contribution >= 0.6 is 23.2 Å². The molecule has 0 amide bonds. The molecule has 2 aliphatic rings. The van der Waals surface area contributed by atoms with Crippen molar-refractivity contribution in [3.05, 3.63) is 101 Å². The van der Waals surface area contributed by atoms with Gasteiger partial charge in [0.15, 0.2) is 0 Å². The van der Waals surface area contributed by atoms with Gasteiger partial charge in [0.2, 0.25) is 0 Å². The molecule has 3 aromatic rings. The third-order valence-corrected chi connectivity index (χ3v) is 7.29. The fourth-order valence-corrected chi connectivity index (χ4v) is 5.34. The Labute approximate surface area is 252 Å². The molecule has 218 valence electrons. The number of nitrogens with two attached hydrogens (primary N) is 2. The molecule has 0 spiro atoms. The number of pyridine rings is 1. The Hall–Kier alpha value is -4.19. The number of nitrogens with one attached hydrogen (secondary N) is 1. The van der Waals surface area contributed by atoms with Gasteiger partial charge in [-0.05, 0) is 55.7 Å². The van der Waals surface area contributed by atoms with Crippen LogP contribution in [0.1, 0.15) is 49.5 Å². The summed E-state index contributed by atoms with van der Waals surface area (Å²) in [5.74, 6) is 6.18. The van der Waals surface area contributed by atoms with E-state index in [1.54, 1.807) is 42.9 Å². The highest BCUT2D eigenvalue weighted by molar-refractivity contribution is 6.31. The van der Waals surface area contributed by atoms with Gasteiger partial charge in [-0.25, -0.2) is 15.5 Å². The standard InChI is InChI=1S/C29H29Cl2F2N9/c1-17-5-3-4-6-26(23-12-19(9-10-36-23)28-24(39-17)14-38-42(28)29(32)33)40-16-37-22(11-18(40)2)21-13-20(30)7-8-25(21)41(35)15-27(31)34/h7-16,26,29,39H,1-6,34-35H2/b27-15-/t26-/m0/s1. The molecule has 5 N–H and O–H groups in total. The fraction of sp³-hybridized carbons (Fsp3) is 0.207. The van der Waals surface area contributed by atoms with Crippen LogP contribution in [0.2, 0.25) is 5.02 Å². The van der Waals surface area contributed by atoms with Crippen molar-refractivity contribution in [1.82, 2.24) is 19.7 Å². The van der Waals surface area contributed by atoms with E-state index >= 15 is 0 Å². The number of anilines is 2. The molecule has 13 heteroatoms. The van der Waals surface area contributed by atoms with E-state index in [-0.39, 0.29) is 16.9 Å². The minimum Gasteiger partial charge on any atom is -0.388 e. The maximum Gasteiger partial charge on any atom is 0.333 e. The average Bonchev–Trinajstić information content (AvgIpc) is 3.36. The van der Waals surface area contributed by atoms with Crippen molar-refractivity contribution in [3.8, 4) is 11.3 Å². The topological polar surface area (TPSA) is 114 Å². The first-order chi connectivity index (χ1) is 20.1. The zero-order chi connectivity index (χ0) is 30.0. The van der Waals surface area contributed by atoms with Gasteiger partial charge in [0.25, 0.3) is 0 Å². The van der Waals surface area contributed by atoms with Crippen LogP contribution < -0.4 is 21.9 Å². The van der Waals surface area contributed by atoms with E-state index < -0.39 is 6.55 Å². The quantitative estimate of drug-likeness (QED) is 0.160. The average molecular weight is 613 g/mol. The van der Waals surface area contributed by atoms with Crippen LogP contribution in [0.5, 0.6) is 0 Å². The van der Waals surface area contributed by atoms with E-state index in [2.05, 4.69) is 28.6 Å². The van der Waals surface area contributed by atoms with Crippen LogP contribution in [0.4, 0.5) is 20.2 Å². The normalized spacial score (nSPS) is 17.8. The molecular weight excluding hydrogens is 583 g/mol. The van der Waals surface area contributed by atoms with E-state index in [4.69, 9.17) is 39.8 Å². The Morgan fingerprint density at radius 2 is 2.02 bits per heavy atom. The molecule has 0 saturated carbocycles. The first-order valence-corrected chi connectivity index (χ1v) is 13.8. The molecule has 0 aliphatic carbocycles. The second-order valence-corrected chi connectivity index (χ2v) is 10.7. The third-order valence-electron chi connectivity index (χ3n) is 6.96. The Kier molecular flexibility index (Phi) is 8.62. The molecule has 42 heavy (non-hydrogen) atoms. The molecule has 2 bridgehead atoms. The molecule has 1 aromatic carbocycles. The van der Waals surface area contributed by atoms with Crippen LogP contribution in [0.25, 0.3) is 17.0 Å². The number of alkyl halides is 2. The molecule has 5 rings (SSSR count). The lowest BCUT2D eigenvalue weighted by Crippen LogP contribution is -2.29. The summed E-state index contributed by atoms with van der Waals surface area (Å²) < 4.78 is 28.5. The number of rotatable bonds is 5. The van der Waals surface area contributed by atoms with E-state index in [9.17, 15) is 8.78 Å². The molecule has 4 heterocycles. The van der Waals surface area contributed by atoms with Crippen LogP contribution in [0.15, 0.2) is 89.7 Å². The lowest BCUT2D eigenvalue weighted by molar-refractivity contribution is 0.0585. The first-order valence-electron chi connectivity index (χ1n) is 13.1. The van der Waals surface area contributed by atoms with Crippen molar-refractivity contribution in [2.24, 2.45) is 16.6 Å². The van der Waals surface area contributed by atoms with E-state index in [1.807, 2.05) is 11.0 Å². The van der Waals surface area contributed by atoms with Gasteiger partial charge in [-0.1, -0.05) is 42.8 Å². The number of hydrazine groups is 1. The Bertz CT molecular complexity index is 1610. The molecule has 2 aromatic heterocycles. The SMILES string of the molecule is C=C1CCCC[C@H](N2C=NC(c3cc(Cl)ccc3N(N)/C=C(\N)Cl)=CC2=C)c2cc(ccn2)-c2c(cnn2C(F)F)N1. The maximum atomic E-state index is 13.9. The molecule has 9 nitrogen and oxygen atoms in total. The lowest BCUT2D eigenvalue weighted by atomic mass is 9.98. The summed E-state index contributed by atoms with van der Waals surface area (Å²) in [5.41, 5.74) is 10.7. The summed E-state index contributed by atoms with van der Waals surface area (Å²) in [5, 5.41) is 8.89. The highest BCUT2D eigenvalue weighted by Gasteiger charge is 2.27. The van der Waals surface area contributed by atoms with Crippen molar-refractivity contribution in [2.75, 3.05) is 10.3 Å². The summed E-state index contributed by atoms with van der Waals surface area (Å²) >= 11 is 12.2. The highest BCUT2D eigenvalue weighted by Crippen LogP contribution is 2.38. The van der Waals surface area contributed by atoms with E-state index in [0.717, 1.165) is 18.5 Å². The van der Waals surface area contributed by atoms with Gasteiger partial charge >= 0.3 is 6.55 Å². The Morgan fingerprint density at radius 3 is 2.76 bits per heavy atom. The molecule has 2 aliphatic heterocycles. The van der Waals surface area contributed by atoms with E-state index in [0.29, 0.717) is 62.1 Å². The third kappa shape index (κ3) is 6.18. The lowest BCUT2D eigenvalue weighted by Gasteiger charge is -2.33. The summed E-state index contributed by atoms with van der Waals surface area (Å²) in [6, 6.07) is 8.41. The predicted molar refractivity (Wildman–Crippen MR) is 164 cm³/mol. The Morgan fingerprint density at radius 1 is 1.21 bits per heavy atom. The fourth-order valence-electron chi connectivity index (χ4n) is 5.06. The van der Waals surface area contributed by atoms with Gasteiger partial charge in [-0.15, -0.1) is 0 Å². The van der Waals surface area contributed by atoms with Crippen molar-refractivity contribution in [2.45, 2.75) is 38.3 Å². The van der Waals surface area contributed by atoms with Gasteiger partial charge in [0.1, 0.15) is 5.16 Å². The van der Waals surface area contributed by atoms with Gasteiger partial charge in [0, 0.05) is 33.7 Å². The van der Waals surface area contributed by atoms with Gasteiger partial charge in [-0.3, -0.25) is 9.99 Å². The second-order valence-electron chi connectivity index (χ2n) is 9.84. The predicted octanol–water partition coefficient (Wildman–Crippen LogP) is 7.11. The number of allylic oxidation sites excluding steroid dienone is 2. The smallest absolute Gasteiger partial charge is 0.333 e. The van der Waals surface area contributed by atoms with Crippen LogP contribution in [-0.2, 0) is 0 Å². The minimum absolute atomic E-state index is 0.00965. The number of nitrogens with zero attached hydrogens (tertiary/aromatic N) is 6. The first kappa shape index (κ1) is 29.3. The molecular formula is C29H29Cl2F2N9. The number of hydrogen-bond acceptors (Lipinski definition) is 8. The molecule has 0 unspecified atom stereocenters. The summed E-state index contributed by atoms with van der Waals surface area (Å²) in [6.45, 7) is 5.56. The molecule has 0 saturated heterocycles. The van der Waals surface area contributed by atoms with Crippen molar-refractivity contribution in [3.63, 3.8) is 0 Å². The largest absolute Gasteiger partial charge is 0.388 e. The number of fused-ring (bicyclic) bond motifs is 4. The Balaban J connectivity index is 1.52. The van der Waals surface area contributed by atoms with Crippen LogP contribution in [0, 0.1) is 0 Å². The maximum absolute atomic E-state index is 13.9. The molecule has 1 atom stereocenters. The summed E-state index contributed by atoms with van der Waals surface area (Å²) in [4.78, 5) is 11.3. The number of aromatic nitrogens is 3. The van der Waals surface area contributed by atoms with Gasteiger partial charge in [-0.2, -0.15) is 13.9 Å². The molecule has 0 radical (unpaired) electrons. The monoisotopic (exact) mass is 611 g/mol. The van der Waals surface area contributed by atoms with Crippen molar-refractivity contribution >= 4 is 46.6 Å². The number of hydrogen-bond donors (Lipinski definition) is 3. The number of halogens is 4. The minimum atomic E-state index is -2.82. The van der Waals surface area contributed by atoms with Gasteiger partial charge in [0.05, 0.1) is 53.2 Å². The van der Waals surface area contributed by atoms with Gasteiger partial charge < -0.3 is 16.0 Å². The van der Waals surface area contributed by atoms with Crippen molar-refractivity contribution in [1.29, 1.82) is 0 Å². The highest BCUT2D eigenvalue weighted by atomic mass is 35.5. The number of aliphatic imine (C=N–C) groups is 1. The van der Waals surface area contributed by atoms with Crippen LogP contribution in [0.3, 0.4) is 0 Å². The zero-order valence-electron chi connectivity index (χ0n) is 22.5. The molecule has 0 fully saturated rings.